The van der Waals surface area contributed by atoms with Crippen LogP contribution in [0.25, 0.3) is 10.3 Å². The number of carbonyl (C=O) groups is 1. The van der Waals surface area contributed by atoms with Crippen molar-refractivity contribution in [3.05, 3.63) is 75.8 Å². The van der Waals surface area contributed by atoms with Gasteiger partial charge in [0.05, 0.1) is 37.9 Å². The van der Waals surface area contributed by atoms with E-state index in [0.717, 1.165) is 73.9 Å². The van der Waals surface area contributed by atoms with E-state index in [1.165, 1.54) is 24.5 Å². The lowest BCUT2D eigenvalue weighted by molar-refractivity contribution is -0.0591. The summed E-state index contributed by atoms with van der Waals surface area (Å²) < 4.78 is 32.8. The number of esters is 1. The van der Waals surface area contributed by atoms with Gasteiger partial charge in [0.15, 0.2) is 0 Å². The summed E-state index contributed by atoms with van der Waals surface area (Å²) >= 11 is 1.42. The normalized spacial score (nSPS) is 17.7. The van der Waals surface area contributed by atoms with Crippen LogP contribution in [0.5, 0.6) is 5.88 Å². The van der Waals surface area contributed by atoms with Gasteiger partial charge in [-0.05, 0) is 56.6 Å². The fraction of sp³-hybridized carbons (Fsp3) is 0.400. The maximum Gasteiger partial charge on any atom is 0.348 e. The number of thiophene rings is 1. The number of aromatic nitrogens is 3. The van der Waals surface area contributed by atoms with Crippen molar-refractivity contribution in [1.82, 2.24) is 19.4 Å². The van der Waals surface area contributed by atoms with Crippen LogP contribution in [0.4, 0.5) is 4.39 Å². The van der Waals surface area contributed by atoms with Gasteiger partial charge in [-0.2, -0.15) is 5.26 Å². The van der Waals surface area contributed by atoms with Gasteiger partial charge in [-0.1, -0.05) is 12.1 Å². The predicted molar refractivity (Wildman–Crippen MR) is 150 cm³/mol. The summed E-state index contributed by atoms with van der Waals surface area (Å²) in [4.78, 5) is 25.6. The molecule has 5 heterocycles. The van der Waals surface area contributed by atoms with Gasteiger partial charge >= 0.3 is 5.97 Å². The molecule has 2 saturated heterocycles. The molecule has 0 spiro atoms. The zero-order chi connectivity index (χ0) is 28.3. The topological polar surface area (TPSA) is 102 Å². The third kappa shape index (κ3) is 5.95. The van der Waals surface area contributed by atoms with Crippen molar-refractivity contribution in [1.29, 1.82) is 5.26 Å². The van der Waals surface area contributed by atoms with Crippen LogP contribution in [0.3, 0.4) is 0 Å². The van der Waals surface area contributed by atoms with Crippen molar-refractivity contribution in [2.45, 2.75) is 51.0 Å². The number of fused-ring (bicyclic) bond motifs is 1. The number of benzene rings is 1. The molecule has 1 atom stereocenters. The Kier molecular flexibility index (Phi) is 7.96. The van der Waals surface area contributed by atoms with E-state index in [0.29, 0.717) is 22.2 Å². The summed E-state index contributed by atoms with van der Waals surface area (Å²) in [5.74, 6) is 0.945. The van der Waals surface area contributed by atoms with Crippen LogP contribution in [0.15, 0.2) is 42.5 Å². The minimum Gasteiger partial charge on any atom is -0.473 e. The second kappa shape index (κ2) is 11.9. The molecule has 4 aromatic rings. The highest BCUT2D eigenvalue weighted by atomic mass is 32.1. The summed E-state index contributed by atoms with van der Waals surface area (Å²) in [5.41, 5.74) is 2.46. The third-order valence-corrected chi connectivity index (χ3v) is 8.87. The number of carbonyl (C=O) groups excluding carboxylic acids is 1. The van der Waals surface area contributed by atoms with E-state index in [-0.39, 0.29) is 24.2 Å². The average molecular weight is 576 g/mol. The fourth-order valence-electron chi connectivity index (χ4n) is 5.32. The van der Waals surface area contributed by atoms with E-state index < -0.39 is 5.82 Å². The van der Waals surface area contributed by atoms with Crippen molar-refractivity contribution in [2.24, 2.45) is 0 Å². The molecule has 0 N–H and O–H groups in total. The molecule has 41 heavy (non-hydrogen) atoms. The summed E-state index contributed by atoms with van der Waals surface area (Å²) in [5, 5.41) is 8.93. The minimum atomic E-state index is -0.461. The molecule has 9 nitrogen and oxygen atoms in total. The Morgan fingerprint density at radius 2 is 2.02 bits per heavy atom. The van der Waals surface area contributed by atoms with Gasteiger partial charge in [0.1, 0.15) is 33.5 Å². The number of methoxy groups -OCH3 is 1. The smallest absolute Gasteiger partial charge is 0.348 e. The van der Waals surface area contributed by atoms with Crippen LogP contribution in [-0.2, 0) is 29.2 Å². The van der Waals surface area contributed by atoms with Crippen LogP contribution in [0.2, 0.25) is 0 Å². The van der Waals surface area contributed by atoms with Gasteiger partial charge in [0.2, 0.25) is 5.88 Å². The first-order chi connectivity index (χ1) is 20.0. The van der Waals surface area contributed by atoms with Crippen LogP contribution in [0, 0.1) is 17.1 Å². The zero-order valence-corrected chi connectivity index (χ0v) is 23.5. The Labute approximate surface area is 241 Å². The number of halogens is 1. The van der Waals surface area contributed by atoms with E-state index >= 15 is 0 Å². The molecule has 0 radical (unpaired) electrons. The number of nitrogens with zero attached hydrogens (tertiary/aromatic N) is 5. The minimum absolute atomic E-state index is 0.0452. The molecule has 2 aliphatic rings. The van der Waals surface area contributed by atoms with Crippen molar-refractivity contribution in [3.63, 3.8) is 0 Å². The number of hydrogen-bond acceptors (Lipinski definition) is 9. The second-order valence-electron chi connectivity index (χ2n) is 10.4. The Morgan fingerprint density at radius 3 is 2.73 bits per heavy atom. The summed E-state index contributed by atoms with van der Waals surface area (Å²) in [6, 6.07) is 13.8. The standard InChI is InChI=1S/C30H30FN5O4S/c1-38-30(37)26-14-25-29(41-26)36(16-22-9-12-39-22)27(33-25)17-35-10-7-20(8-11-35)24-3-2-4-28(34-24)40-18-21-6-5-19(15-32)13-23(21)31/h2-6,13-14,20,22H,7-12,16-18H2,1H3. The Balaban J connectivity index is 1.09. The number of likely N-dealkylation sites (tertiary alicyclic amines) is 1. The first kappa shape index (κ1) is 27.3. The number of nitriles is 1. The largest absolute Gasteiger partial charge is 0.473 e. The molecule has 2 fully saturated rings. The number of rotatable bonds is 9. The summed E-state index contributed by atoms with van der Waals surface area (Å²) in [6.45, 7) is 4.09. The lowest BCUT2D eigenvalue weighted by Crippen LogP contribution is -2.35. The maximum absolute atomic E-state index is 14.2. The van der Waals surface area contributed by atoms with Gasteiger partial charge in [0, 0.05) is 29.8 Å². The van der Waals surface area contributed by atoms with Gasteiger partial charge < -0.3 is 18.8 Å². The SMILES string of the molecule is COC(=O)c1cc2nc(CN3CCC(c4cccc(OCc5ccc(C#N)cc5F)n4)CC3)n(CC3CCO3)c2s1. The first-order valence-electron chi connectivity index (χ1n) is 13.7. The molecule has 2 aliphatic heterocycles. The second-order valence-corrected chi connectivity index (χ2v) is 11.4. The molecule has 1 aromatic carbocycles. The van der Waals surface area contributed by atoms with Crippen molar-refractivity contribution in [2.75, 3.05) is 26.8 Å². The average Bonchev–Trinajstić information content (AvgIpc) is 3.52. The summed E-state index contributed by atoms with van der Waals surface area (Å²) in [7, 11) is 1.39. The lowest BCUT2D eigenvalue weighted by Gasteiger charge is -2.32. The molecule has 0 aliphatic carbocycles. The number of pyridine rings is 1. The zero-order valence-electron chi connectivity index (χ0n) is 22.7. The number of hydrogen-bond donors (Lipinski definition) is 0. The Bertz CT molecular complexity index is 1600. The lowest BCUT2D eigenvalue weighted by atomic mass is 9.93. The number of ether oxygens (including phenoxy) is 3. The van der Waals surface area contributed by atoms with Crippen molar-refractivity contribution < 1.29 is 23.4 Å². The van der Waals surface area contributed by atoms with E-state index in [2.05, 4.69) is 9.47 Å². The number of piperidine rings is 1. The first-order valence-corrected chi connectivity index (χ1v) is 14.5. The predicted octanol–water partition coefficient (Wildman–Crippen LogP) is 5.04. The quantitative estimate of drug-likeness (QED) is 0.256. The highest BCUT2D eigenvalue weighted by Gasteiger charge is 2.27. The van der Waals surface area contributed by atoms with E-state index in [1.54, 1.807) is 18.2 Å². The van der Waals surface area contributed by atoms with Crippen LogP contribution in [0.1, 0.15) is 57.5 Å². The van der Waals surface area contributed by atoms with Crippen molar-refractivity contribution >= 4 is 27.7 Å². The highest BCUT2D eigenvalue weighted by Crippen LogP contribution is 2.32. The molecule has 0 bridgehead atoms. The van der Waals surface area contributed by atoms with Crippen LogP contribution < -0.4 is 4.74 Å². The Morgan fingerprint density at radius 1 is 1.20 bits per heavy atom. The van der Waals surface area contributed by atoms with E-state index in [9.17, 15) is 9.18 Å². The molecule has 11 heteroatoms. The fourth-order valence-corrected chi connectivity index (χ4v) is 6.36. The van der Waals surface area contributed by atoms with E-state index in [4.69, 9.17) is 29.4 Å². The van der Waals surface area contributed by atoms with E-state index in [1.807, 2.05) is 24.3 Å². The molecule has 3 aromatic heterocycles. The van der Waals surface area contributed by atoms with Gasteiger partial charge in [-0.25, -0.2) is 19.2 Å². The van der Waals surface area contributed by atoms with Crippen LogP contribution >= 0.6 is 11.3 Å². The van der Waals surface area contributed by atoms with Gasteiger partial charge in [0.25, 0.3) is 0 Å². The molecule has 212 valence electrons. The molecule has 0 saturated carbocycles. The van der Waals surface area contributed by atoms with Gasteiger partial charge in [-0.15, -0.1) is 11.3 Å². The monoisotopic (exact) mass is 575 g/mol. The maximum atomic E-state index is 14.2. The van der Waals surface area contributed by atoms with Crippen LogP contribution in [-0.4, -0.2) is 58.3 Å². The van der Waals surface area contributed by atoms with Gasteiger partial charge in [-0.3, -0.25) is 4.90 Å². The Hall–Kier alpha value is -3.85. The summed E-state index contributed by atoms with van der Waals surface area (Å²) in [6.07, 6.45) is 3.11. The molecular formula is C30H30FN5O4S. The molecule has 1 unspecified atom stereocenters. The highest BCUT2D eigenvalue weighted by molar-refractivity contribution is 7.20. The molecule has 0 amide bonds. The third-order valence-electron chi connectivity index (χ3n) is 7.74. The molecule has 6 rings (SSSR count). The van der Waals surface area contributed by atoms with Crippen molar-refractivity contribution in [3.8, 4) is 11.9 Å². The number of imidazole rings is 1. The molecular weight excluding hydrogens is 545 g/mol.